The normalized spacial score (nSPS) is 10.2. The molecule has 0 fully saturated rings. The lowest BCUT2D eigenvalue weighted by Crippen LogP contribution is -2.16. The zero-order valence-corrected chi connectivity index (χ0v) is 7.93. The Bertz CT molecular complexity index is 230. The van der Waals surface area contributed by atoms with Crippen LogP contribution in [0.1, 0.15) is 18.1 Å². The van der Waals surface area contributed by atoms with Crippen LogP contribution in [0, 0.1) is 6.92 Å². The summed E-state index contributed by atoms with van der Waals surface area (Å²) in [6.45, 7) is 6.45. The number of benzene rings is 1. The number of hydrogen-bond acceptors (Lipinski definition) is 1. The van der Waals surface area contributed by atoms with Crippen molar-refractivity contribution in [3.63, 3.8) is 0 Å². The van der Waals surface area contributed by atoms with Crippen molar-refractivity contribution < 1.29 is 0 Å². The van der Waals surface area contributed by atoms with Crippen LogP contribution in [0.4, 0.5) is 0 Å². The van der Waals surface area contributed by atoms with Crippen LogP contribution in [0.15, 0.2) is 24.3 Å². The van der Waals surface area contributed by atoms with Crippen LogP contribution in [-0.2, 0) is 6.42 Å². The van der Waals surface area contributed by atoms with Crippen molar-refractivity contribution in [1.82, 2.24) is 5.32 Å². The molecule has 1 aromatic rings. The molecule has 66 valence electrons. The van der Waals surface area contributed by atoms with E-state index in [2.05, 4.69) is 43.4 Å². The highest BCUT2D eigenvalue weighted by Gasteiger charge is 1.94. The van der Waals surface area contributed by atoms with Gasteiger partial charge in [-0.15, -0.1) is 0 Å². The van der Waals surface area contributed by atoms with Gasteiger partial charge in [-0.2, -0.15) is 0 Å². The minimum Gasteiger partial charge on any atom is -0.317 e. The van der Waals surface area contributed by atoms with E-state index in [-0.39, 0.29) is 0 Å². The third-order valence-electron chi connectivity index (χ3n) is 2.08. The molecule has 0 saturated heterocycles. The first-order valence-corrected chi connectivity index (χ1v) is 4.60. The second kappa shape index (κ2) is 4.94. The third-order valence-corrected chi connectivity index (χ3v) is 2.08. The summed E-state index contributed by atoms with van der Waals surface area (Å²) in [5.74, 6) is 0. The van der Waals surface area contributed by atoms with Gasteiger partial charge in [0, 0.05) is 0 Å². The quantitative estimate of drug-likeness (QED) is 0.671. The summed E-state index contributed by atoms with van der Waals surface area (Å²) in [6.07, 6.45) is 1.14. The average Bonchev–Trinajstić information content (AvgIpc) is 2.09. The molecule has 1 heteroatoms. The van der Waals surface area contributed by atoms with Crippen molar-refractivity contribution in [3.05, 3.63) is 35.4 Å². The van der Waals surface area contributed by atoms with Gasteiger partial charge in [-0.1, -0.05) is 31.2 Å². The van der Waals surface area contributed by atoms with Crippen LogP contribution in [0.2, 0.25) is 0 Å². The van der Waals surface area contributed by atoms with Gasteiger partial charge in [0.1, 0.15) is 0 Å². The Kier molecular flexibility index (Phi) is 3.81. The van der Waals surface area contributed by atoms with E-state index in [1.165, 1.54) is 11.1 Å². The summed E-state index contributed by atoms with van der Waals surface area (Å²) < 4.78 is 0. The number of aryl methyl sites for hydroxylation is 1. The highest BCUT2D eigenvalue weighted by molar-refractivity contribution is 5.25. The van der Waals surface area contributed by atoms with Gasteiger partial charge in [0.25, 0.3) is 0 Å². The van der Waals surface area contributed by atoms with Crippen LogP contribution in [0.25, 0.3) is 0 Å². The van der Waals surface area contributed by atoms with Crippen molar-refractivity contribution in [3.8, 4) is 0 Å². The van der Waals surface area contributed by atoms with E-state index in [0.717, 1.165) is 19.5 Å². The van der Waals surface area contributed by atoms with Gasteiger partial charge in [0.2, 0.25) is 0 Å². The van der Waals surface area contributed by atoms with Gasteiger partial charge >= 0.3 is 0 Å². The summed E-state index contributed by atoms with van der Waals surface area (Å²) in [5.41, 5.74) is 2.86. The summed E-state index contributed by atoms with van der Waals surface area (Å²) in [6, 6.07) is 8.56. The van der Waals surface area contributed by atoms with Gasteiger partial charge in [-0.25, -0.2) is 0 Å². The minimum absolute atomic E-state index is 1.06. The predicted molar refractivity (Wildman–Crippen MR) is 53.4 cm³/mol. The largest absolute Gasteiger partial charge is 0.317 e. The van der Waals surface area contributed by atoms with E-state index in [4.69, 9.17) is 0 Å². The fourth-order valence-electron chi connectivity index (χ4n) is 1.29. The van der Waals surface area contributed by atoms with E-state index in [0.29, 0.717) is 0 Å². The Labute approximate surface area is 74.8 Å². The minimum atomic E-state index is 1.06. The number of likely N-dealkylation sites (N-methyl/N-ethyl adjacent to an activating group) is 1. The molecule has 0 aliphatic rings. The number of hydrogen-bond donors (Lipinski definition) is 1. The van der Waals surface area contributed by atoms with Gasteiger partial charge < -0.3 is 5.32 Å². The van der Waals surface area contributed by atoms with Gasteiger partial charge in [0.15, 0.2) is 0 Å². The van der Waals surface area contributed by atoms with E-state index < -0.39 is 0 Å². The zero-order chi connectivity index (χ0) is 8.81. The maximum Gasteiger partial charge on any atom is -0.000837 e. The molecule has 0 aliphatic heterocycles. The van der Waals surface area contributed by atoms with E-state index in [1.54, 1.807) is 0 Å². The SMILES string of the molecule is CCNCCc1ccccc1C. The second-order valence-corrected chi connectivity index (χ2v) is 3.03. The first kappa shape index (κ1) is 9.27. The molecule has 0 unspecified atom stereocenters. The Morgan fingerprint density at radius 2 is 2.00 bits per heavy atom. The molecule has 0 radical (unpaired) electrons. The number of rotatable bonds is 4. The van der Waals surface area contributed by atoms with Crippen LogP contribution in [0.5, 0.6) is 0 Å². The first-order valence-electron chi connectivity index (χ1n) is 4.60. The standard InChI is InChI=1S/C11H17N/c1-3-12-9-8-11-7-5-4-6-10(11)2/h4-7,12H,3,8-9H2,1-2H3. The van der Waals surface area contributed by atoms with E-state index in [9.17, 15) is 0 Å². The monoisotopic (exact) mass is 163 g/mol. The lowest BCUT2D eigenvalue weighted by molar-refractivity contribution is 0.715. The summed E-state index contributed by atoms with van der Waals surface area (Å²) in [7, 11) is 0. The van der Waals surface area contributed by atoms with Crippen molar-refractivity contribution >= 4 is 0 Å². The van der Waals surface area contributed by atoms with Gasteiger partial charge in [0.05, 0.1) is 0 Å². The van der Waals surface area contributed by atoms with Crippen LogP contribution < -0.4 is 5.32 Å². The molecule has 0 aromatic heterocycles. The predicted octanol–water partition coefficient (Wildman–Crippen LogP) is 2.15. The highest BCUT2D eigenvalue weighted by atomic mass is 14.8. The molecule has 0 spiro atoms. The van der Waals surface area contributed by atoms with Gasteiger partial charge in [-0.05, 0) is 37.6 Å². The van der Waals surface area contributed by atoms with E-state index in [1.807, 2.05) is 0 Å². The maximum absolute atomic E-state index is 3.32. The Morgan fingerprint density at radius 1 is 1.25 bits per heavy atom. The summed E-state index contributed by atoms with van der Waals surface area (Å²) in [5, 5.41) is 3.32. The first-order chi connectivity index (χ1) is 5.84. The van der Waals surface area contributed by atoms with Crippen molar-refractivity contribution in [1.29, 1.82) is 0 Å². The molecule has 1 N–H and O–H groups in total. The smallest absolute Gasteiger partial charge is 0.000837 e. The van der Waals surface area contributed by atoms with Gasteiger partial charge in [-0.3, -0.25) is 0 Å². The maximum atomic E-state index is 3.32. The van der Waals surface area contributed by atoms with Crippen molar-refractivity contribution in [2.75, 3.05) is 13.1 Å². The van der Waals surface area contributed by atoms with Crippen molar-refractivity contribution in [2.24, 2.45) is 0 Å². The molecular weight excluding hydrogens is 146 g/mol. The highest BCUT2D eigenvalue weighted by Crippen LogP contribution is 2.06. The van der Waals surface area contributed by atoms with Crippen LogP contribution in [0.3, 0.4) is 0 Å². The van der Waals surface area contributed by atoms with Crippen LogP contribution in [-0.4, -0.2) is 13.1 Å². The Balaban J connectivity index is 2.46. The fourth-order valence-corrected chi connectivity index (χ4v) is 1.29. The molecule has 12 heavy (non-hydrogen) atoms. The summed E-state index contributed by atoms with van der Waals surface area (Å²) >= 11 is 0. The lowest BCUT2D eigenvalue weighted by Gasteiger charge is -2.04. The molecule has 0 atom stereocenters. The fraction of sp³-hybridized carbons (Fsp3) is 0.455. The Morgan fingerprint density at radius 3 is 2.67 bits per heavy atom. The zero-order valence-electron chi connectivity index (χ0n) is 7.93. The average molecular weight is 163 g/mol. The molecule has 0 amide bonds. The molecule has 0 aliphatic carbocycles. The second-order valence-electron chi connectivity index (χ2n) is 3.03. The van der Waals surface area contributed by atoms with E-state index >= 15 is 0 Å². The Hall–Kier alpha value is -0.820. The lowest BCUT2D eigenvalue weighted by atomic mass is 10.1. The third kappa shape index (κ3) is 2.67. The van der Waals surface area contributed by atoms with Crippen LogP contribution >= 0.6 is 0 Å². The summed E-state index contributed by atoms with van der Waals surface area (Å²) in [4.78, 5) is 0. The number of nitrogens with one attached hydrogen (secondary N) is 1. The molecule has 0 heterocycles. The molecule has 1 nitrogen and oxygen atoms in total. The molecule has 0 bridgehead atoms. The molecule has 1 rings (SSSR count). The topological polar surface area (TPSA) is 12.0 Å². The molecule has 1 aromatic carbocycles. The molecule has 0 saturated carbocycles. The van der Waals surface area contributed by atoms with Crippen molar-refractivity contribution in [2.45, 2.75) is 20.3 Å². The molecular formula is C11H17N.